The lowest BCUT2D eigenvalue weighted by atomic mass is 10.2. The monoisotopic (exact) mass is 262 g/mol. The second kappa shape index (κ2) is 7.62. The third kappa shape index (κ3) is 5.60. The summed E-state index contributed by atoms with van der Waals surface area (Å²) in [6.45, 7) is 2.85. The van der Waals surface area contributed by atoms with Crippen molar-refractivity contribution in [1.29, 1.82) is 0 Å². The molecule has 0 aliphatic carbocycles. The molecule has 0 fully saturated rings. The van der Waals surface area contributed by atoms with E-state index in [1.165, 1.54) is 18.7 Å². The standard InChI is InChI=1S/C10H18N2O6/c1-6(9(15)16)12(7(2)10(17)18)4-3-11-5-8(13)14/h6-7,11H,3-5H2,1-2H3,(H,13,14)(H,15,16)(H,17,18). The van der Waals surface area contributed by atoms with Gasteiger partial charge in [-0.3, -0.25) is 19.3 Å². The Hall–Kier alpha value is -1.67. The quantitative estimate of drug-likeness (QED) is 0.386. The summed E-state index contributed by atoms with van der Waals surface area (Å²) in [4.78, 5) is 33.3. The van der Waals surface area contributed by atoms with Gasteiger partial charge in [-0.15, -0.1) is 0 Å². The molecule has 8 nitrogen and oxygen atoms in total. The van der Waals surface area contributed by atoms with Crippen LogP contribution in [0.25, 0.3) is 0 Å². The predicted octanol–water partition coefficient (Wildman–Crippen LogP) is -1.09. The van der Waals surface area contributed by atoms with Gasteiger partial charge in [-0.05, 0) is 13.8 Å². The molecule has 0 bridgehead atoms. The van der Waals surface area contributed by atoms with Crippen LogP contribution < -0.4 is 5.32 Å². The summed E-state index contributed by atoms with van der Waals surface area (Å²) in [5, 5.41) is 28.7. The Labute approximate surface area is 104 Å². The highest BCUT2D eigenvalue weighted by atomic mass is 16.4. The first-order valence-electron chi connectivity index (χ1n) is 5.41. The highest BCUT2D eigenvalue weighted by molar-refractivity contribution is 5.76. The summed E-state index contributed by atoms with van der Waals surface area (Å²) in [6.07, 6.45) is 0. The van der Waals surface area contributed by atoms with Crippen LogP contribution in [-0.2, 0) is 14.4 Å². The lowest BCUT2D eigenvalue weighted by Crippen LogP contribution is -2.50. The maximum atomic E-state index is 10.9. The molecule has 0 spiro atoms. The minimum atomic E-state index is -1.12. The number of carboxylic acid groups (broad SMARTS) is 3. The van der Waals surface area contributed by atoms with Crippen LogP contribution in [0.1, 0.15) is 13.8 Å². The summed E-state index contributed by atoms with van der Waals surface area (Å²) in [6, 6.07) is -1.91. The molecule has 4 N–H and O–H groups in total. The van der Waals surface area contributed by atoms with Crippen LogP contribution in [-0.4, -0.2) is 69.8 Å². The van der Waals surface area contributed by atoms with E-state index in [1.54, 1.807) is 0 Å². The van der Waals surface area contributed by atoms with Crippen LogP contribution in [0.2, 0.25) is 0 Å². The van der Waals surface area contributed by atoms with Gasteiger partial charge in [0.1, 0.15) is 12.1 Å². The molecular weight excluding hydrogens is 244 g/mol. The first kappa shape index (κ1) is 16.3. The van der Waals surface area contributed by atoms with Crippen molar-refractivity contribution in [3.63, 3.8) is 0 Å². The molecule has 18 heavy (non-hydrogen) atoms. The number of aliphatic carboxylic acids is 3. The summed E-state index contributed by atoms with van der Waals surface area (Å²) < 4.78 is 0. The number of hydrogen-bond donors (Lipinski definition) is 4. The molecular formula is C10H18N2O6. The van der Waals surface area contributed by atoms with Crippen molar-refractivity contribution in [3.8, 4) is 0 Å². The zero-order chi connectivity index (χ0) is 14.3. The van der Waals surface area contributed by atoms with Crippen molar-refractivity contribution in [2.75, 3.05) is 19.6 Å². The molecule has 0 aliphatic heterocycles. The van der Waals surface area contributed by atoms with Gasteiger partial charge in [0.25, 0.3) is 0 Å². The Bertz CT molecular complexity index is 299. The fourth-order valence-corrected chi connectivity index (χ4v) is 1.41. The maximum Gasteiger partial charge on any atom is 0.320 e. The average Bonchev–Trinajstić information content (AvgIpc) is 2.26. The lowest BCUT2D eigenvalue weighted by Gasteiger charge is -2.29. The molecule has 2 unspecified atom stereocenters. The lowest BCUT2D eigenvalue weighted by molar-refractivity contribution is -0.149. The van der Waals surface area contributed by atoms with Crippen molar-refractivity contribution in [2.24, 2.45) is 0 Å². The van der Waals surface area contributed by atoms with E-state index in [0.717, 1.165) is 0 Å². The van der Waals surface area contributed by atoms with Gasteiger partial charge in [0.05, 0.1) is 6.54 Å². The molecule has 0 aromatic carbocycles. The molecule has 0 radical (unpaired) electrons. The number of nitrogens with zero attached hydrogens (tertiary/aromatic N) is 1. The molecule has 0 aliphatic rings. The summed E-state index contributed by atoms with van der Waals surface area (Å²) in [5.41, 5.74) is 0. The highest BCUT2D eigenvalue weighted by Gasteiger charge is 2.28. The molecule has 0 saturated carbocycles. The van der Waals surface area contributed by atoms with E-state index in [1.807, 2.05) is 0 Å². The topological polar surface area (TPSA) is 127 Å². The SMILES string of the molecule is CC(C(=O)O)N(CCNCC(=O)O)C(C)C(=O)O. The Kier molecular flexibility index (Phi) is 6.91. The van der Waals surface area contributed by atoms with Crippen LogP contribution in [0.4, 0.5) is 0 Å². The zero-order valence-corrected chi connectivity index (χ0v) is 10.3. The van der Waals surface area contributed by atoms with Crippen LogP contribution in [0, 0.1) is 0 Å². The Balaban J connectivity index is 4.44. The fraction of sp³-hybridized carbons (Fsp3) is 0.700. The molecule has 0 aromatic heterocycles. The Morgan fingerprint density at radius 2 is 1.50 bits per heavy atom. The summed E-state index contributed by atoms with van der Waals surface area (Å²) in [5.74, 6) is -3.28. The number of carbonyl (C=O) groups is 3. The third-order valence-corrected chi connectivity index (χ3v) is 2.53. The smallest absolute Gasteiger partial charge is 0.320 e. The number of carboxylic acids is 3. The molecule has 104 valence electrons. The second-order valence-electron chi connectivity index (χ2n) is 3.84. The van der Waals surface area contributed by atoms with Gasteiger partial charge in [-0.1, -0.05) is 0 Å². The van der Waals surface area contributed by atoms with Crippen LogP contribution in [0.15, 0.2) is 0 Å². The number of hydrogen-bond acceptors (Lipinski definition) is 5. The van der Waals surface area contributed by atoms with E-state index in [-0.39, 0.29) is 19.6 Å². The third-order valence-electron chi connectivity index (χ3n) is 2.53. The van der Waals surface area contributed by atoms with Crippen molar-refractivity contribution in [3.05, 3.63) is 0 Å². The minimum Gasteiger partial charge on any atom is -0.480 e. The van der Waals surface area contributed by atoms with E-state index in [4.69, 9.17) is 15.3 Å². The van der Waals surface area contributed by atoms with Crippen LogP contribution in [0.3, 0.4) is 0 Å². The molecule has 0 rings (SSSR count). The normalized spacial score (nSPS) is 14.2. The zero-order valence-electron chi connectivity index (χ0n) is 10.3. The van der Waals surface area contributed by atoms with Crippen LogP contribution >= 0.6 is 0 Å². The van der Waals surface area contributed by atoms with Gasteiger partial charge in [-0.25, -0.2) is 0 Å². The molecule has 0 amide bonds. The molecule has 8 heteroatoms. The maximum absolute atomic E-state index is 10.9. The number of nitrogens with one attached hydrogen (secondary N) is 1. The predicted molar refractivity (Wildman–Crippen MR) is 61.4 cm³/mol. The second-order valence-corrected chi connectivity index (χ2v) is 3.84. The van der Waals surface area contributed by atoms with Crippen molar-refractivity contribution < 1.29 is 29.7 Å². The highest BCUT2D eigenvalue weighted by Crippen LogP contribution is 2.05. The first-order chi connectivity index (χ1) is 8.27. The van der Waals surface area contributed by atoms with E-state index < -0.39 is 30.0 Å². The largest absolute Gasteiger partial charge is 0.480 e. The molecule has 0 aromatic rings. The number of rotatable bonds is 9. The van der Waals surface area contributed by atoms with Crippen molar-refractivity contribution in [1.82, 2.24) is 10.2 Å². The Morgan fingerprint density at radius 1 is 1.06 bits per heavy atom. The van der Waals surface area contributed by atoms with Gasteiger partial charge in [0.15, 0.2) is 0 Å². The average molecular weight is 262 g/mol. The van der Waals surface area contributed by atoms with E-state index in [9.17, 15) is 14.4 Å². The van der Waals surface area contributed by atoms with Gasteiger partial charge < -0.3 is 20.6 Å². The van der Waals surface area contributed by atoms with Crippen LogP contribution in [0.5, 0.6) is 0 Å². The Morgan fingerprint density at radius 3 is 1.83 bits per heavy atom. The minimum absolute atomic E-state index is 0.133. The van der Waals surface area contributed by atoms with E-state index in [0.29, 0.717) is 0 Å². The van der Waals surface area contributed by atoms with Crippen molar-refractivity contribution >= 4 is 17.9 Å². The first-order valence-corrected chi connectivity index (χ1v) is 5.41. The van der Waals surface area contributed by atoms with E-state index >= 15 is 0 Å². The molecule has 2 atom stereocenters. The summed E-state index contributed by atoms with van der Waals surface area (Å²) >= 11 is 0. The van der Waals surface area contributed by atoms with Gasteiger partial charge >= 0.3 is 17.9 Å². The summed E-state index contributed by atoms with van der Waals surface area (Å²) in [7, 11) is 0. The van der Waals surface area contributed by atoms with E-state index in [2.05, 4.69) is 5.32 Å². The van der Waals surface area contributed by atoms with Gasteiger partial charge in [0.2, 0.25) is 0 Å². The fourth-order valence-electron chi connectivity index (χ4n) is 1.41. The van der Waals surface area contributed by atoms with Crippen molar-refractivity contribution in [2.45, 2.75) is 25.9 Å². The van der Waals surface area contributed by atoms with Gasteiger partial charge in [-0.2, -0.15) is 0 Å². The molecule has 0 saturated heterocycles. The van der Waals surface area contributed by atoms with Gasteiger partial charge in [0, 0.05) is 13.1 Å². The molecule has 0 heterocycles.